The summed E-state index contributed by atoms with van der Waals surface area (Å²) in [6, 6.07) is 40.2. The van der Waals surface area contributed by atoms with Crippen LogP contribution in [0.15, 0.2) is 109 Å². The quantitative estimate of drug-likeness (QED) is 0.183. The third-order valence-corrected chi connectivity index (χ3v) is 6.59. The largest absolute Gasteiger partial charge is 0.0616 e. The Kier molecular flexibility index (Phi) is 3.09. The fraction of sp³-hybridized carbons (Fsp3) is 0. The van der Waals surface area contributed by atoms with Gasteiger partial charge in [0, 0.05) is 0 Å². The van der Waals surface area contributed by atoms with Gasteiger partial charge in [0.05, 0.1) is 0 Å². The van der Waals surface area contributed by atoms with Crippen LogP contribution in [0, 0.1) is 0 Å². The Hall–Kier alpha value is -3.90. The molecule has 0 nitrogen and oxygen atoms in total. The van der Waals surface area contributed by atoms with Crippen molar-refractivity contribution in [1.29, 1.82) is 0 Å². The normalized spacial score (nSPS) is 12.0. The molecule has 0 fully saturated rings. The van der Waals surface area contributed by atoms with Crippen molar-refractivity contribution in [3.8, 4) is 0 Å². The summed E-state index contributed by atoms with van der Waals surface area (Å²) in [5.74, 6) is 0. The van der Waals surface area contributed by atoms with Gasteiger partial charge in [-0.3, -0.25) is 0 Å². The molecule has 0 unspecified atom stereocenters. The van der Waals surface area contributed by atoms with Gasteiger partial charge in [0.25, 0.3) is 0 Å². The molecule has 0 saturated carbocycles. The zero-order valence-corrected chi connectivity index (χ0v) is 16.4. The van der Waals surface area contributed by atoms with Crippen molar-refractivity contribution in [2.75, 3.05) is 0 Å². The summed E-state index contributed by atoms with van der Waals surface area (Å²) in [5.41, 5.74) is 0. The average Bonchev–Trinajstić information content (AvgIpc) is 2.82. The van der Waals surface area contributed by atoms with E-state index in [1.165, 1.54) is 64.6 Å². The third kappa shape index (κ3) is 2.11. The molecule has 0 atom stereocenters. The number of benzene rings is 7. The molecule has 138 valence electrons. The maximum absolute atomic E-state index is 2.41. The number of rotatable bonds is 0. The Morgan fingerprint density at radius 2 is 0.800 bits per heavy atom. The topological polar surface area (TPSA) is 0 Å². The van der Waals surface area contributed by atoms with E-state index in [9.17, 15) is 0 Å². The lowest BCUT2D eigenvalue weighted by atomic mass is 9.92. The van der Waals surface area contributed by atoms with Crippen molar-refractivity contribution >= 4 is 64.6 Å². The molecule has 0 aromatic heterocycles. The third-order valence-electron chi connectivity index (χ3n) is 6.59. The van der Waals surface area contributed by atoms with Gasteiger partial charge in [0.1, 0.15) is 0 Å². The Balaban J connectivity index is 1.72. The second-order valence-electron chi connectivity index (χ2n) is 8.19. The van der Waals surface area contributed by atoms with Crippen LogP contribution in [0.4, 0.5) is 0 Å². The van der Waals surface area contributed by atoms with E-state index >= 15 is 0 Å². The molecule has 0 aliphatic rings. The molecular weight excluding hydrogens is 360 g/mol. The summed E-state index contributed by atoms with van der Waals surface area (Å²) >= 11 is 0. The number of hydrogen-bond donors (Lipinski definition) is 0. The van der Waals surface area contributed by atoms with E-state index in [0.717, 1.165) is 0 Å². The van der Waals surface area contributed by atoms with E-state index < -0.39 is 0 Å². The van der Waals surface area contributed by atoms with Crippen LogP contribution in [0.3, 0.4) is 0 Å². The SMILES string of the molecule is c1ccc2c(c1)ccc1c3cc4c(ccc5ccc6ccccc6c54)cc3ccc21. The summed E-state index contributed by atoms with van der Waals surface area (Å²) in [7, 11) is 0. The molecular formula is C30H18. The lowest BCUT2D eigenvalue weighted by Gasteiger charge is -2.12. The molecule has 0 bridgehead atoms. The van der Waals surface area contributed by atoms with Crippen LogP contribution in [0.5, 0.6) is 0 Å². The highest BCUT2D eigenvalue weighted by molar-refractivity contribution is 6.25. The highest BCUT2D eigenvalue weighted by Crippen LogP contribution is 2.37. The van der Waals surface area contributed by atoms with Crippen LogP contribution >= 0.6 is 0 Å². The van der Waals surface area contributed by atoms with E-state index in [1.54, 1.807) is 0 Å². The maximum Gasteiger partial charge on any atom is -0.00266 e. The van der Waals surface area contributed by atoms with E-state index in [2.05, 4.69) is 109 Å². The lowest BCUT2D eigenvalue weighted by molar-refractivity contribution is 1.78. The zero-order chi connectivity index (χ0) is 19.7. The van der Waals surface area contributed by atoms with E-state index in [1.807, 2.05) is 0 Å². The first kappa shape index (κ1) is 16.0. The van der Waals surface area contributed by atoms with E-state index in [-0.39, 0.29) is 0 Å². The van der Waals surface area contributed by atoms with Gasteiger partial charge in [-0.1, -0.05) is 97.1 Å². The van der Waals surface area contributed by atoms with Gasteiger partial charge >= 0.3 is 0 Å². The van der Waals surface area contributed by atoms with Crippen molar-refractivity contribution in [2.45, 2.75) is 0 Å². The van der Waals surface area contributed by atoms with Crippen molar-refractivity contribution in [1.82, 2.24) is 0 Å². The Labute approximate surface area is 174 Å². The maximum atomic E-state index is 2.41. The minimum atomic E-state index is 1.29. The summed E-state index contributed by atoms with van der Waals surface area (Å²) in [6.45, 7) is 0. The van der Waals surface area contributed by atoms with Crippen LogP contribution in [0.2, 0.25) is 0 Å². The first-order valence-corrected chi connectivity index (χ1v) is 10.5. The molecule has 0 saturated heterocycles. The van der Waals surface area contributed by atoms with Crippen molar-refractivity contribution in [2.24, 2.45) is 0 Å². The second kappa shape index (κ2) is 5.81. The van der Waals surface area contributed by atoms with Gasteiger partial charge in [-0.2, -0.15) is 0 Å². The fourth-order valence-corrected chi connectivity index (χ4v) is 5.15. The van der Waals surface area contributed by atoms with Gasteiger partial charge < -0.3 is 0 Å². The van der Waals surface area contributed by atoms with Crippen LogP contribution in [-0.2, 0) is 0 Å². The Bertz CT molecular complexity index is 1790. The van der Waals surface area contributed by atoms with E-state index in [0.29, 0.717) is 0 Å². The number of fused-ring (bicyclic) bond motifs is 10. The molecule has 0 radical (unpaired) electrons. The molecule has 0 aliphatic heterocycles. The van der Waals surface area contributed by atoms with Crippen LogP contribution in [-0.4, -0.2) is 0 Å². The molecule has 7 aromatic rings. The molecule has 7 aromatic carbocycles. The summed E-state index contributed by atoms with van der Waals surface area (Å²) < 4.78 is 0. The van der Waals surface area contributed by atoms with Gasteiger partial charge in [-0.05, 0) is 76.8 Å². The highest BCUT2D eigenvalue weighted by atomic mass is 14.1. The van der Waals surface area contributed by atoms with E-state index in [4.69, 9.17) is 0 Å². The highest BCUT2D eigenvalue weighted by Gasteiger charge is 2.09. The monoisotopic (exact) mass is 378 g/mol. The van der Waals surface area contributed by atoms with Crippen molar-refractivity contribution in [3.05, 3.63) is 109 Å². The summed E-state index contributed by atoms with van der Waals surface area (Å²) in [5, 5.41) is 15.8. The molecule has 0 aliphatic carbocycles. The molecule has 0 heteroatoms. The second-order valence-corrected chi connectivity index (χ2v) is 8.19. The van der Waals surface area contributed by atoms with Crippen LogP contribution in [0.1, 0.15) is 0 Å². The Morgan fingerprint density at radius 3 is 1.63 bits per heavy atom. The first-order valence-electron chi connectivity index (χ1n) is 10.5. The molecule has 30 heavy (non-hydrogen) atoms. The van der Waals surface area contributed by atoms with Crippen molar-refractivity contribution < 1.29 is 0 Å². The van der Waals surface area contributed by atoms with Gasteiger partial charge in [0.15, 0.2) is 0 Å². The first-order chi connectivity index (χ1) is 14.9. The van der Waals surface area contributed by atoms with Crippen LogP contribution < -0.4 is 0 Å². The molecule has 0 N–H and O–H groups in total. The fourth-order valence-electron chi connectivity index (χ4n) is 5.15. The van der Waals surface area contributed by atoms with Gasteiger partial charge in [0.2, 0.25) is 0 Å². The average molecular weight is 378 g/mol. The van der Waals surface area contributed by atoms with Gasteiger partial charge in [-0.25, -0.2) is 0 Å². The summed E-state index contributed by atoms with van der Waals surface area (Å²) in [6.07, 6.45) is 0. The minimum absolute atomic E-state index is 1.29. The van der Waals surface area contributed by atoms with Crippen molar-refractivity contribution in [3.63, 3.8) is 0 Å². The van der Waals surface area contributed by atoms with Gasteiger partial charge in [-0.15, -0.1) is 0 Å². The zero-order valence-electron chi connectivity index (χ0n) is 16.4. The van der Waals surface area contributed by atoms with Crippen LogP contribution in [0.25, 0.3) is 64.6 Å². The molecule has 0 spiro atoms. The predicted octanol–water partition coefficient (Wildman–Crippen LogP) is 8.61. The summed E-state index contributed by atoms with van der Waals surface area (Å²) in [4.78, 5) is 0. The smallest absolute Gasteiger partial charge is 0.00266 e. The molecule has 0 amide bonds. The predicted molar refractivity (Wildman–Crippen MR) is 131 cm³/mol. The standard InChI is InChI=1S/C30H18/c1-3-7-24-19(5-1)13-15-27-26(24)16-14-22-17-23-12-11-21-10-9-20-6-2-4-8-25(20)30(21)29(23)18-28(22)27/h1-18H. The molecule has 0 heterocycles. The Morgan fingerprint density at radius 1 is 0.267 bits per heavy atom. The molecule has 7 rings (SSSR count). The lowest BCUT2D eigenvalue weighted by Crippen LogP contribution is -1.84. The minimum Gasteiger partial charge on any atom is -0.0616 e. The number of hydrogen-bond acceptors (Lipinski definition) is 0.